The summed E-state index contributed by atoms with van der Waals surface area (Å²) in [5, 5.41) is 13.2. The van der Waals surface area contributed by atoms with Crippen LogP contribution in [0.4, 0.5) is 27.1 Å². The number of hydrogen-bond acceptors (Lipinski definition) is 6. The molecule has 2 saturated heterocycles. The third-order valence-electron chi connectivity index (χ3n) is 8.98. The molecular formula is C30H38FN5O4S. The molecule has 41 heavy (non-hydrogen) atoms. The van der Waals surface area contributed by atoms with E-state index in [1.165, 1.54) is 12.8 Å². The summed E-state index contributed by atoms with van der Waals surface area (Å²) >= 11 is 0. The number of halogens is 1. The van der Waals surface area contributed by atoms with Crippen LogP contribution in [0.5, 0.6) is 0 Å². The minimum Gasteiger partial charge on any atom is -0.395 e. The highest BCUT2D eigenvalue weighted by Gasteiger charge is 2.44. The Labute approximate surface area is 240 Å². The van der Waals surface area contributed by atoms with Gasteiger partial charge in [0.2, 0.25) is 10.0 Å². The van der Waals surface area contributed by atoms with Gasteiger partial charge in [0.1, 0.15) is 6.17 Å². The van der Waals surface area contributed by atoms with E-state index >= 15 is 0 Å². The summed E-state index contributed by atoms with van der Waals surface area (Å²) in [6.45, 7) is 2.40. The van der Waals surface area contributed by atoms with Gasteiger partial charge >= 0.3 is 0 Å². The molecule has 0 atom stereocenters. The number of sulfonamides is 1. The SMILES string of the molecule is Cn1ccc2cc(C(=O)Nc3ccc(NS(=O)(=O)CCO)cc3N3CCC4(CC3)CC4)cc(N3CCC(F)CC3)c21. The molecule has 1 aliphatic carbocycles. The van der Waals surface area contributed by atoms with Crippen molar-refractivity contribution in [3.05, 3.63) is 48.2 Å². The zero-order chi connectivity index (χ0) is 28.8. The third-order valence-corrected chi connectivity index (χ3v) is 10.2. The molecule has 11 heteroatoms. The molecule has 1 aromatic heterocycles. The molecule has 3 heterocycles. The number of alkyl halides is 1. The first kappa shape index (κ1) is 27.8. The van der Waals surface area contributed by atoms with Crippen molar-refractivity contribution in [2.45, 2.75) is 44.7 Å². The first-order valence-corrected chi connectivity index (χ1v) is 16.1. The second-order valence-electron chi connectivity index (χ2n) is 11.8. The molecule has 3 fully saturated rings. The van der Waals surface area contributed by atoms with Crippen LogP contribution in [-0.4, -0.2) is 68.7 Å². The Balaban J connectivity index is 1.31. The molecule has 1 spiro atoms. The van der Waals surface area contributed by atoms with Gasteiger partial charge in [0, 0.05) is 50.4 Å². The first-order valence-electron chi connectivity index (χ1n) is 14.5. The molecule has 2 aromatic carbocycles. The minimum atomic E-state index is -3.69. The number of aromatic nitrogens is 1. The lowest BCUT2D eigenvalue weighted by atomic mass is 9.93. The Bertz CT molecular complexity index is 1550. The van der Waals surface area contributed by atoms with Crippen molar-refractivity contribution in [2.75, 3.05) is 58.4 Å². The predicted octanol–water partition coefficient (Wildman–Crippen LogP) is 4.48. The molecule has 1 amide bonds. The van der Waals surface area contributed by atoms with Gasteiger partial charge in [0.25, 0.3) is 5.91 Å². The van der Waals surface area contributed by atoms with Gasteiger partial charge in [-0.3, -0.25) is 9.52 Å². The van der Waals surface area contributed by atoms with Crippen LogP contribution in [0, 0.1) is 5.41 Å². The summed E-state index contributed by atoms with van der Waals surface area (Å²) in [5.74, 6) is -0.650. The number of benzene rings is 2. The molecule has 1 saturated carbocycles. The van der Waals surface area contributed by atoms with E-state index in [1.54, 1.807) is 18.2 Å². The fraction of sp³-hybridized carbons (Fsp3) is 0.500. The molecule has 2 aliphatic heterocycles. The van der Waals surface area contributed by atoms with E-state index in [9.17, 15) is 17.6 Å². The number of nitrogens with zero attached hydrogens (tertiary/aromatic N) is 3. The van der Waals surface area contributed by atoms with Gasteiger partial charge in [-0.15, -0.1) is 0 Å². The van der Waals surface area contributed by atoms with Gasteiger partial charge in [-0.1, -0.05) is 0 Å². The monoisotopic (exact) mass is 583 g/mol. The van der Waals surface area contributed by atoms with Crippen molar-refractivity contribution in [3.63, 3.8) is 0 Å². The number of aliphatic hydroxyl groups is 1. The number of aliphatic hydroxyl groups excluding tert-OH is 1. The number of nitrogens with one attached hydrogen (secondary N) is 2. The van der Waals surface area contributed by atoms with Gasteiger partial charge < -0.3 is 24.8 Å². The van der Waals surface area contributed by atoms with E-state index < -0.39 is 22.8 Å². The molecule has 220 valence electrons. The van der Waals surface area contributed by atoms with Crippen LogP contribution < -0.4 is 19.8 Å². The molecule has 3 aliphatic rings. The Kier molecular flexibility index (Phi) is 7.35. The zero-order valence-electron chi connectivity index (χ0n) is 23.4. The number of aryl methyl sites for hydroxylation is 1. The first-order chi connectivity index (χ1) is 19.7. The molecule has 0 bridgehead atoms. The van der Waals surface area contributed by atoms with Gasteiger partial charge in [0.05, 0.1) is 40.6 Å². The van der Waals surface area contributed by atoms with Crippen LogP contribution in [-0.2, 0) is 17.1 Å². The minimum absolute atomic E-state index is 0.261. The summed E-state index contributed by atoms with van der Waals surface area (Å²) < 4.78 is 43.2. The fourth-order valence-corrected chi connectivity index (χ4v) is 7.12. The highest BCUT2D eigenvalue weighted by atomic mass is 32.2. The van der Waals surface area contributed by atoms with E-state index in [-0.39, 0.29) is 11.7 Å². The molecule has 0 unspecified atom stereocenters. The Morgan fingerprint density at radius 1 is 1.00 bits per heavy atom. The molecule has 0 radical (unpaired) electrons. The number of rotatable bonds is 8. The van der Waals surface area contributed by atoms with Crippen LogP contribution in [0.1, 0.15) is 48.9 Å². The number of carbonyl (C=O) groups is 1. The molecule has 6 rings (SSSR count). The maximum absolute atomic E-state index is 13.9. The average Bonchev–Trinajstić information content (AvgIpc) is 3.60. The molecular weight excluding hydrogens is 545 g/mol. The van der Waals surface area contributed by atoms with Crippen molar-refractivity contribution < 1.29 is 22.7 Å². The standard InChI is InChI=1S/C30H38FN5O4S/c1-34-11-4-21-18-22(19-27(28(21)34)35-12-5-23(31)6-13-35)29(38)32-25-3-2-24(33-41(39,40)17-16-37)20-26(25)36-14-9-30(7-8-30)10-15-36/h2-4,11,18-20,23,33,37H,5-10,12-17H2,1H3,(H,32,38). The summed E-state index contributed by atoms with van der Waals surface area (Å²) in [5.41, 5.74) is 4.67. The second-order valence-corrected chi connectivity index (χ2v) is 13.7. The van der Waals surface area contributed by atoms with E-state index in [4.69, 9.17) is 5.11 Å². The Morgan fingerprint density at radius 3 is 2.39 bits per heavy atom. The van der Waals surface area contributed by atoms with Crippen LogP contribution in [0.3, 0.4) is 0 Å². The van der Waals surface area contributed by atoms with Gasteiger partial charge in [-0.05, 0) is 80.3 Å². The number of hydrogen-bond donors (Lipinski definition) is 3. The zero-order valence-corrected chi connectivity index (χ0v) is 24.2. The van der Waals surface area contributed by atoms with Crippen molar-refractivity contribution in [2.24, 2.45) is 12.5 Å². The van der Waals surface area contributed by atoms with Crippen LogP contribution in [0.25, 0.3) is 10.9 Å². The topological polar surface area (TPSA) is 107 Å². The Hall–Kier alpha value is -3.31. The smallest absolute Gasteiger partial charge is 0.255 e. The lowest BCUT2D eigenvalue weighted by molar-refractivity contribution is 0.102. The summed E-state index contributed by atoms with van der Waals surface area (Å²) in [7, 11) is -1.72. The third kappa shape index (κ3) is 5.88. The highest BCUT2D eigenvalue weighted by molar-refractivity contribution is 7.92. The normalized spacial score (nSPS) is 19.1. The van der Waals surface area contributed by atoms with Crippen molar-refractivity contribution in [1.29, 1.82) is 0 Å². The maximum Gasteiger partial charge on any atom is 0.255 e. The largest absolute Gasteiger partial charge is 0.395 e. The van der Waals surface area contributed by atoms with E-state index in [0.29, 0.717) is 48.3 Å². The quantitative estimate of drug-likeness (QED) is 0.361. The summed E-state index contributed by atoms with van der Waals surface area (Å²) in [6, 6.07) is 10.9. The van der Waals surface area contributed by atoms with Gasteiger partial charge in [-0.25, -0.2) is 12.8 Å². The van der Waals surface area contributed by atoms with E-state index in [0.717, 1.165) is 48.2 Å². The van der Waals surface area contributed by atoms with Crippen molar-refractivity contribution in [1.82, 2.24) is 4.57 Å². The maximum atomic E-state index is 13.9. The van der Waals surface area contributed by atoms with E-state index in [1.807, 2.05) is 36.0 Å². The van der Waals surface area contributed by atoms with E-state index in [2.05, 4.69) is 19.8 Å². The van der Waals surface area contributed by atoms with Crippen LogP contribution >= 0.6 is 0 Å². The average molecular weight is 584 g/mol. The number of carbonyl (C=O) groups excluding carboxylic acids is 1. The number of piperidine rings is 2. The lowest BCUT2D eigenvalue weighted by Crippen LogP contribution is -2.35. The molecule has 9 nitrogen and oxygen atoms in total. The Morgan fingerprint density at radius 2 is 1.71 bits per heavy atom. The fourth-order valence-electron chi connectivity index (χ4n) is 6.29. The second kappa shape index (κ2) is 10.8. The van der Waals surface area contributed by atoms with Crippen LogP contribution in [0.15, 0.2) is 42.6 Å². The number of anilines is 4. The van der Waals surface area contributed by atoms with Gasteiger partial charge in [-0.2, -0.15) is 0 Å². The van der Waals surface area contributed by atoms with Crippen LogP contribution in [0.2, 0.25) is 0 Å². The highest BCUT2D eigenvalue weighted by Crippen LogP contribution is 2.54. The number of fused-ring (bicyclic) bond motifs is 1. The number of amides is 1. The molecule has 3 aromatic rings. The van der Waals surface area contributed by atoms with Gasteiger partial charge in [0.15, 0.2) is 0 Å². The van der Waals surface area contributed by atoms with Crippen molar-refractivity contribution in [3.8, 4) is 0 Å². The summed E-state index contributed by atoms with van der Waals surface area (Å²) in [4.78, 5) is 18.1. The lowest BCUT2D eigenvalue weighted by Gasteiger charge is -2.35. The van der Waals surface area contributed by atoms with Crippen molar-refractivity contribution >= 4 is 49.6 Å². The predicted molar refractivity (Wildman–Crippen MR) is 161 cm³/mol. The summed E-state index contributed by atoms with van der Waals surface area (Å²) in [6.07, 6.45) is 6.79. The molecule has 3 N–H and O–H groups in total.